The molecule has 7 aromatic carbocycles. The van der Waals surface area contributed by atoms with Crippen LogP contribution in [0.5, 0.6) is 46.0 Å². The summed E-state index contributed by atoms with van der Waals surface area (Å²) in [4.78, 5) is 119. The lowest BCUT2D eigenvalue weighted by Gasteiger charge is -2.48. The van der Waals surface area contributed by atoms with Crippen LogP contribution in [0.2, 0.25) is 15.1 Å². The van der Waals surface area contributed by atoms with E-state index in [9.17, 15) is 70.6 Å². The van der Waals surface area contributed by atoms with Gasteiger partial charge in [-0.05, 0) is 139 Å². The number of nitrogens with two attached hydrogens (primary N) is 1. The highest BCUT2D eigenvalue weighted by atomic mass is 35.5. The van der Waals surface area contributed by atoms with Crippen LogP contribution < -0.4 is 67.8 Å². The van der Waals surface area contributed by atoms with Crippen LogP contribution in [-0.4, -0.2) is 209 Å². The number of halogens is 3. The normalized spacial score (nSPS) is 26.6. The fraction of sp³-hybridized carbons (Fsp3) is 0.390. The number of phenols is 3. The first kappa shape index (κ1) is 88.7. The van der Waals surface area contributed by atoms with E-state index in [2.05, 4.69) is 47.9 Å². The predicted octanol–water partition coefficient (Wildman–Crippen LogP) is 3.34. The number of nitrogens with one attached hydrogen (secondary N) is 9. The molecule has 0 aromatic heterocycles. The summed E-state index contributed by atoms with van der Waals surface area (Å²) in [5.74, 6) is -16.3. The van der Waals surface area contributed by atoms with Gasteiger partial charge in [-0.1, -0.05) is 103 Å². The van der Waals surface area contributed by atoms with E-state index in [1.807, 2.05) is 50.2 Å². The minimum absolute atomic E-state index is 0.105. The van der Waals surface area contributed by atoms with Gasteiger partial charge in [0.25, 0.3) is 0 Å². The van der Waals surface area contributed by atoms with Crippen LogP contribution in [0.3, 0.4) is 0 Å². The lowest BCUT2D eigenvalue weighted by molar-refractivity contribution is -0.334. The summed E-state index contributed by atoms with van der Waals surface area (Å²) in [6.45, 7) is 5.16. The summed E-state index contributed by atoms with van der Waals surface area (Å²) >= 11 is 20.5. The van der Waals surface area contributed by atoms with Crippen LogP contribution in [-0.2, 0) is 65.7 Å². The Morgan fingerprint density at radius 2 is 1.27 bits per heavy atom. The Kier molecular flexibility index (Phi) is 27.8. The lowest BCUT2D eigenvalue weighted by Crippen LogP contribution is -2.65. The third-order valence-electron chi connectivity index (χ3n) is 21.4. The minimum Gasteiger partial charge on any atom is -0.507 e. The van der Waals surface area contributed by atoms with E-state index >= 15 is 24.0 Å². The number of ether oxygens (including phenoxy) is 6. The summed E-state index contributed by atoms with van der Waals surface area (Å²) in [5, 5.41) is 152. The maximum atomic E-state index is 16.3. The van der Waals surface area contributed by atoms with Crippen molar-refractivity contribution in [1.29, 1.82) is 0 Å². The Hall–Kier alpha value is -10.6. The van der Waals surface area contributed by atoms with Crippen molar-refractivity contribution in [2.45, 2.75) is 169 Å². The number of aliphatic carboxylic acids is 1. The molecule has 7 aromatic rings. The lowest BCUT2D eigenvalue weighted by atomic mass is 9.84. The summed E-state index contributed by atoms with van der Waals surface area (Å²) < 4.78 is 39.6. The number of benzene rings is 7. The number of rotatable bonds is 21. The van der Waals surface area contributed by atoms with Gasteiger partial charge >= 0.3 is 5.97 Å². The van der Waals surface area contributed by atoms with Crippen LogP contribution in [0.4, 0.5) is 0 Å². The number of aromatic hydroxyl groups is 3. The quantitative estimate of drug-likeness (QED) is 0.0459. The van der Waals surface area contributed by atoms with Gasteiger partial charge in [-0.3, -0.25) is 33.6 Å². The first-order chi connectivity index (χ1) is 57.1. The molecule has 18 atom stereocenters. The van der Waals surface area contributed by atoms with E-state index in [4.69, 9.17) is 69.0 Å². The van der Waals surface area contributed by atoms with Gasteiger partial charge in [0, 0.05) is 53.3 Å². The number of aliphatic hydroxyl groups is 7. The number of likely N-dealkylation sites (N-methyl/N-ethyl adjacent to an activating group) is 1. The molecule has 7 aliphatic rings. The molecule has 22 N–H and O–H groups in total. The van der Waals surface area contributed by atoms with E-state index in [1.165, 1.54) is 19.2 Å². The molecule has 35 nitrogen and oxygen atoms in total. The Balaban J connectivity index is 1.05. The van der Waals surface area contributed by atoms with Crippen molar-refractivity contribution in [2.24, 2.45) is 11.7 Å². The van der Waals surface area contributed by atoms with Gasteiger partial charge in [-0.15, -0.1) is 0 Å². The molecule has 38 heteroatoms. The molecule has 14 rings (SSSR count). The zero-order valence-electron chi connectivity index (χ0n) is 64.9. The Morgan fingerprint density at radius 1 is 0.667 bits per heavy atom. The Labute approximate surface area is 700 Å². The number of hydrogen-bond acceptors (Lipinski definition) is 27. The second-order valence-electron chi connectivity index (χ2n) is 30.3. The molecule has 0 spiro atoms. The van der Waals surface area contributed by atoms with E-state index in [-0.39, 0.29) is 59.3 Å². The van der Waals surface area contributed by atoms with Crippen molar-refractivity contribution in [3.8, 4) is 68.2 Å². The Bertz CT molecular complexity index is 5040. The number of amides is 7. The fourth-order valence-corrected chi connectivity index (χ4v) is 15.5. The predicted molar refractivity (Wildman–Crippen MR) is 428 cm³/mol. The first-order valence-electron chi connectivity index (χ1n) is 38.2. The van der Waals surface area contributed by atoms with Gasteiger partial charge in [0.05, 0.1) is 53.5 Å². The number of phenolic OH excluding ortho intramolecular Hbond substituents is 3. The molecule has 0 radical (unpaired) electrons. The molecule has 0 saturated carbocycles. The van der Waals surface area contributed by atoms with Crippen molar-refractivity contribution in [1.82, 2.24) is 47.9 Å². The van der Waals surface area contributed by atoms with Gasteiger partial charge in [-0.25, -0.2) is 4.79 Å². The number of carbonyl (C=O) groups excluding carboxylic acids is 7. The third-order valence-corrected chi connectivity index (χ3v) is 22.3. The summed E-state index contributed by atoms with van der Waals surface area (Å²) in [7, 11) is 1.47. The maximum absolute atomic E-state index is 16.3. The number of carboxylic acids is 1. The maximum Gasteiger partial charge on any atom is 0.330 e. The van der Waals surface area contributed by atoms with Gasteiger partial charge in [0.1, 0.15) is 89.5 Å². The average molecular weight is 1720 g/mol. The van der Waals surface area contributed by atoms with Crippen molar-refractivity contribution < 1.29 is 123 Å². The monoisotopic (exact) mass is 1720 g/mol. The number of hydrogen-bond donors (Lipinski definition) is 21. The first-order valence-corrected chi connectivity index (χ1v) is 39.3. The number of primary amides is 1. The molecule has 2 saturated heterocycles. The van der Waals surface area contributed by atoms with Gasteiger partial charge in [0.2, 0.25) is 53.4 Å². The molecule has 7 amide bonds. The Morgan fingerprint density at radius 3 is 1.88 bits per heavy atom. The molecular formula is C82H91Cl3N10O25. The largest absolute Gasteiger partial charge is 0.507 e. The molecule has 0 unspecified atom stereocenters. The van der Waals surface area contributed by atoms with Crippen molar-refractivity contribution >= 4 is 82.1 Å². The highest BCUT2D eigenvalue weighted by molar-refractivity contribution is 6.32. The number of carboxylic acid groups (broad SMARTS) is 1. The number of fused-ring (bicyclic) bond motifs is 15. The van der Waals surface area contributed by atoms with Crippen LogP contribution >= 0.6 is 34.8 Å². The van der Waals surface area contributed by atoms with Crippen molar-refractivity contribution in [2.75, 3.05) is 26.8 Å². The average Bonchev–Trinajstić information content (AvgIpc) is 0.766. The van der Waals surface area contributed by atoms with Gasteiger partial charge < -0.3 is 138 Å². The van der Waals surface area contributed by atoms with Crippen molar-refractivity contribution in [3.05, 3.63) is 175 Å². The zero-order chi connectivity index (χ0) is 86.6. The zero-order valence-corrected chi connectivity index (χ0v) is 67.2. The minimum atomic E-state index is -2.39. The second-order valence-corrected chi connectivity index (χ2v) is 31.6. The molecular weight excluding hydrogens is 1630 g/mol. The van der Waals surface area contributed by atoms with Crippen LogP contribution in [0, 0.1) is 5.92 Å². The van der Waals surface area contributed by atoms with Gasteiger partial charge in [-0.2, -0.15) is 0 Å². The van der Waals surface area contributed by atoms with E-state index < -0.39 is 256 Å². The number of aliphatic hydroxyl groups excluding tert-OH is 7. The molecule has 120 heavy (non-hydrogen) atoms. The molecule has 7 heterocycles. The fourth-order valence-electron chi connectivity index (χ4n) is 14.9. The molecule has 11 bridgehead atoms. The van der Waals surface area contributed by atoms with E-state index in [1.54, 1.807) is 26.0 Å². The summed E-state index contributed by atoms with van der Waals surface area (Å²) in [5.41, 5.74) is 3.78. The molecule has 0 aliphatic carbocycles. The molecule has 7 aliphatic heterocycles. The van der Waals surface area contributed by atoms with Crippen molar-refractivity contribution in [3.63, 3.8) is 0 Å². The topological polar surface area (TPSA) is 549 Å². The van der Waals surface area contributed by atoms with Crippen LogP contribution in [0.15, 0.2) is 121 Å². The van der Waals surface area contributed by atoms with Crippen LogP contribution in [0.25, 0.3) is 22.3 Å². The molecule has 2 fully saturated rings. The van der Waals surface area contributed by atoms with Crippen LogP contribution in [0.1, 0.15) is 116 Å². The summed E-state index contributed by atoms with van der Waals surface area (Å²) in [6.07, 6.45) is -18.8. The number of carbonyl (C=O) groups is 8. The highest BCUT2D eigenvalue weighted by Crippen LogP contribution is 2.51. The highest BCUT2D eigenvalue weighted by Gasteiger charge is 2.52. The smallest absolute Gasteiger partial charge is 0.330 e. The summed E-state index contributed by atoms with van der Waals surface area (Å²) in [6, 6.07) is 13.2. The van der Waals surface area contributed by atoms with Gasteiger partial charge in [0.15, 0.2) is 29.9 Å². The SMILES string of the molecule is CN[C@H](CC(C)C)C(=O)N[C@H]1C(=O)N[C@@H](CC(N)=O)C(=O)N[C@H]2C(=O)N[C@H]3C(=O)N[C@H](C(=O)N[C@H](C(=O)O)c4cc(O)c(CNCCO)c(O)c4-c4cc3ccc4O)[C@H](O)c3ccc(c(Cl)c3)Oc3cc2cc(c3O[C@@H]2O[C@H](CO)[C@@H](O)[C@H](O)[C@H]2O[C@H]2C[C@](C)(NCc3ccc(-c4ccc(Cl)cc4)cc3)[C@H](O)[C@H](C)O2)Oc2ccc(cc2Cl)[C@H]1O. The van der Waals surface area contributed by atoms with E-state index in [0.29, 0.717) is 5.02 Å². The second kappa shape index (κ2) is 37.6. The third kappa shape index (κ3) is 19.4. The standard InChI is InChI=1S/C82H91Cl3N10O25/c1-34(2)22-49(87-5)74(107)94-64-66(101)40-13-18-53(47(84)24-40)116-55-26-42-27-56(71(55)120-81-72(70(105)69(104)57(33-97)118-81)119-59-30-82(4,73(106)35(3)115-59)89-31-36-6-8-37(9-7-36)38-10-15-43(83)16-11-38)117-54-19-14-41(25-48(54)85)67(102)65-79(112)93-63(80(113)114)45-28-52(99)46(32-88-20-21-96)68(103)60(45)44-23-39(12-17-51(44)98)61(76(109)95-65)92-77(110)62(42)91-75(108)50(29-58(86)100)90-78(64)111/h6-19,23-28,34-35,49-50,57,59,61-67,69-70,72-73,81,87-89,96-99,101-106H,20-22,29-33H2,1-5H3,(H2,86,100)(H,90,111)(H,91,108)(H,92,110)(H,93,112)(H,94,107)(H,95,109)(H,113,114)/t35-,49+,50-,57+,59-,61+,62+,63-,64+,65-,66+,67+,69+,70-,72+,73+,81-,82-/m0/s1. The van der Waals surface area contributed by atoms with E-state index in [0.717, 1.165) is 77.4 Å². The molecule has 640 valence electrons.